The van der Waals surface area contributed by atoms with E-state index in [4.69, 9.17) is 9.84 Å². The molecule has 0 bridgehead atoms. The smallest absolute Gasteiger partial charge is 0.240 e. The predicted molar refractivity (Wildman–Crippen MR) is 161 cm³/mol. The van der Waals surface area contributed by atoms with E-state index in [9.17, 15) is 9.59 Å². The molecule has 0 radical (unpaired) electrons. The number of fused-ring (bicyclic) bond motifs is 1. The van der Waals surface area contributed by atoms with Gasteiger partial charge >= 0.3 is 0 Å². The number of thiophene rings is 1. The Morgan fingerprint density at radius 1 is 1.15 bits per heavy atom. The lowest BCUT2D eigenvalue weighted by Gasteiger charge is -2.24. The second kappa shape index (κ2) is 11.6. The van der Waals surface area contributed by atoms with Gasteiger partial charge in [0.1, 0.15) is 12.4 Å². The highest BCUT2D eigenvalue weighted by atomic mass is 32.2. The summed E-state index contributed by atoms with van der Waals surface area (Å²) in [6, 6.07) is 18.4. The fraction of sp³-hybridized carbons (Fsp3) is 0.323. The van der Waals surface area contributed by atoms with Crippen LogP contribution in [0.5, 0.6) is 0 Å². The first-order chi connectivity index (χ1) is 19.5. The van der Waals surface area contributed by atoms with Crippen molar-refractivity contribution < 1.29 is 14.3 Å². The molecule has 0 unspecified atom stereocenters. The molecule has 0 saturated carbocycles. The Morgan fingerprint density at radius 3 is 2.73 bits per heavy atom. The molecule has 2 amide bonds. The molecule has 0 spiro atoms. The molecule has 6 rings (SSSR count). The van der Waals surface area contributed by atoms with Gasteiger partial charge in [-0.2, -0.15) is 16.4 Å². The summed E-state index contributed by atoms with van der Waals surface area (Å²) in [5.41, 5.74) is 6.95. The summed E-state index contributed by atoms with van der Waals surface area (Å²) in [6.45, 7) is 5.22. The molecular formula is C31H32N4O3S2. The third-order valence-electron chi connectivity index (χ3n) is 7.42. The molecule has 2 aliphatic rings. The molecule has 2 atom stereocenters. The van der Waals surface area contributed by atoms with Crippen LogP contribution in [0, 0.1) is 13.8 Å². The van der Waals surface area contributed by atoms with Crippen molar-refractivity contribution in [1.29, 1.82) is 0 Å². The van der Waals surface area contributed by atoms with Crippen molar-refractivity contribution in [1.82, 2.24) is 15.1 Å². The molecule has 4 aromatic rings. The molecule has 1 fully saturated rings. The van der Waals surface area contributed by atoms with Crippen molar-refractivity contribution in [2.75, 3.05) is 30.3 Å². The number of aryl methyl sites for hydroxylation is 2. The number of thioether (sulfide) groups is 1. The molecule has 0 aliphatic carbocycles. The van der Waals surface area contributed by atoms with Crippen molar-refractivity contribution in [3.8, 4) is 16.9 Å². The molecule has 1 N–H and O–H groups in total. The maximum Gasteiger partial charge on any atom is 0.240 e. The van der Waals surface area contributed by atoms with Crippen LogP contribution in [-0.2, 0) is 14.3 Å². The normalized spacial score (nSPS) is 18.9. The van der Waals surface area contributed by atoms with Gasteiger partial charge in [0.25, 0.3) is 0 Å². The average Bonchev–Trinajstić information content (AvgIpc) is 3.72. The van der Waals surface area contributed by atoms with Crippen LogP contribution in [-0.4, -0.2) is 53.1 Å². The number of rotatable bonds is 7. The third-order valence-corrected chi connectivity index (χ3v) is 9.37. The Kier molecular flexibility index (Phi) is 7.78. The highest BCUT2D eigenvalue weighted by Crippen LogP contribution is 2.49. The van der Waals surface area contributed by atoms with E-state index in [2.05, 4.69) is 60.3 Å². The first-order valence-corrected chi connectivity index (χ1v) is 15.6. The van der Waals surface area contributed by atoms with Gasteiger partial charge in [-0.1, -0.05) is 48.0 Å². The minimum Gasteiger partial charge on any atom is -0.376 e. The van der Waals surface area contributed by atoms with E-state index in [1.807, 2.05) is 28.9 Å². The van der Waals surface area contributed by atoms with Crippen molar-refractivity contribution in [3.05, 3.63) is 87.6 Å². The number of carbonyl (C=O) groups is 2. The zero-order chi connectivity index (χ0) is 27.6. The maximum atomic E-state index is 13.8. The summed E-state index contributed by atoms with van der Waals surface area (Å²) < 4.78 is 7.56. The number of hydrogen-bond donors (Lipinski definition) is 1. The fourth-order valence-corrected chi connectivity index (χ4v) is 7.42. The fourth-order valence-electron chi connectivity index (χ4n) is 5.46. The molecule has 9 heteroatoms. The Morgan fingerprint density at radius 2 is 2.00 bits per heavy atom. The topological polar surface area (TPSA) is 76.5 Å². The van der Waals surface area contributed by atoms with Gasteiger partial charge in [-0.3, -0.25) is 14.5 Å². The van der Waals surface area contributed by atoms with E-state index >= 15 is 0 Å². The van der Waals surface area contributed by atoms with Crippen LogP contribution in [0.4, 0.5) is 5.82 Å². The standard InChI is InChI=1S/C31H32N4O3S2/c1-20-10-11-25(21(2)15-20)35-31-28(29(33-35)22-7-4-3-5-8-22)30(23-12-14-39-18-23)40-19-27(37)34(31)17-26(36)32-16-24-9-6-13-38-24/h3-5,7-8,10-12,14-15,18,24,30H,6,9,13,16-17,19H2,1-2H3,(H,32,36)/t24-,30-/m1/s1. The van der Waals surface area contributed by atoms with E-state index in [0.29, 0.717) is 12.4 Å². The lowest BCUT2D eigenvalue weighted by atomic mass is 10.0. The SMILES string of the molecule is Cc1ccc(-n2nc(-c3ccccc3)c3c2N(CC(=O)NC[C@H]2CCCO2)C(=O)CS[C@@H]3c2ccsc2)c(C)c1. The van der Waals surface area contributed by atoms with Crippen LogP contribution in [0.15, 0.2) is 65.4 Å². The molecule has 2 aliphatic heterocycles. The Hall–Kier alpha value is -3.40. The van der Waals surface area contributed by atoms with Gasteiger partial charge in [0.2, 0.25) is 11.8 Å². The predicted octanol–water partition coefficient (Wildman–Crippen LogP) is 5.68. The molecular weight excluding hydrogens is 541 g/mol. The van der Waals surface area contributed by atoms with Crippen LogP contribution in [0.1, 0.15) is 40.3 Å². The molecule has 1 saturated heterocycles. The summed E-state index contributed by atoms with van der Waals surface area (Å²) in [5.74, 6) is 0.601. The molecule has 2 aromatic carbocycles. The number of anilines is 1. The first-order valence-electron chi connectivity index (χ1n) is 13.6. The molecule has 4 heterocycles. The van der Waals surface area contributed by atoms with E-state index in [-0.39, 0.29) is 35.5 Å². The number of carbonyl (C=O) groups excluding carboxylic acids is 2. The second-order valence-corrected chi connectivity index (χ2v) is 12.2. The van der Waals surface area contributed by atoms with Crippen molar-refractivity contribution >= 4 is 40.7 Å². The number of hydrogen-bond acceptors (Lipinski definition) is 6. The third kappa shape index (κ3) is 5.33. The van der Waals surface area contributed by atoms with Gasteiger partial charge in [0, 0.05) is 24.3 Å². The second-order valence-electron chi connectivity index (χ2n) is 10.3. The van der Waals surface area contributed by atoms with Gasteiger partial charge < -0.3 is 10.1 Å². The zero-order valence-electron chi connectivity index (χ0n) is 22.6. The zero-order valence-corrected chi connectivity index (χ0v) is 24.3. The average molecular weight is 573 g/mol. The van der Waals surface area contributed by atoms with Gasteiger partial charge in [-0.25, -0.2) is 4.68 Å². The number of nitrogens with zero attached hydrogens (tertiary/aromatic N) is 3. The van der Waals surface area contributed by atoms with E-state index in [1.165, 1.54) is 0 Å². The minimum absolute atomic E-state index is 0.0308. The van der Waals surface area contributed by atoms with Crippen molar-refractivity contribution in [2.24, 2.45) is 0 Å². The highest BCUT2D eigenvalue weighted by Gasteiger charge is 2.38. The molecule has 40 heavy (non-hydrogen) atoms. The van der Waals surface area contributed by atoms with Gasteiger partial charge in [-0.05, 0) is 60.7 Å². The Bertz CT molecular complexity index is 1510. The Balaban J connectivity index is 1.52. The highest BCUT2D eigenvalue weighted by molar-refractivity contribution is 8.00. The largest absolute Gasteiger partial charge is 0.376 e. The number of benzene rings is 2. The number of amides is 2. The monoisotopic (exact) mass is 572 g/mol. The van der Waals surface area contributed by atoms with Gasteiger partial charge in [-0.15, -0.1) is 11.8 Å². The summed E-state index contributed by atoms with van der Waals surface area (Å²) in [4.78, 5) is 28.7. The molecule has 2 aromatic heterocycles. The lowest BCUT2D eigenvalue weighted by Crippen LogP contribution is -2.44. The Labute approximate surface area is 242 Å². The van der Waals surface area contributed by atoms with Crippen LogP contribution in [0.2, 0.25) is 0 Å². The van der Waals surface area contributed by atoms with Gasteiger partial charge in [0.15, 0.2) is 0 Å². The van der Waals surface area contributed by atoms with Crippen LogP contribution < -0.4 is 10.2 Å². The summed E-state index contributed by atoms with van der Waals surface area (Å²) in [5, 5.41) is 12.3. The van der Waals surface area contributed by atoms with E-state index in [0.717, 1.165) is 58.6 Å². The van der Waals surface area contributed by atoms with Crippen LogP contribution in [0.3, 0.4) is 0 Å². The number of ether oxygens (including phenoxy) is 1. The van der Waals surface area contributed by atoms with Crippen molar-refractivity contribution in [2.45, 2.75) is 38.0 Å². The van der Waals surface area contributed by atoms with Crippen LogP contribution in [0.25, 0.3) is 16.9 Å². The van der Waals surface area contributed by atoms with E-state index in [1.54, 1.807) is 28.0 Å². The van der Waals surface area contributed by atoms with Crippen molar-refractivity contribution in [3.63, 3.8) is 0 Å². The van der Waals surface area contributed by atoms with Gasteiger partial charge in [0.05, 0.1) is 28.5 Å². The van der Waals surface area contributed by atoms with Crippen LogP contribution >= 0.6 is 23.1 Å². The maximum absolute atomic E-state index is 13.8. The number of nitrogens with one attached hydrogen (secondary N) is 1. The quantitative estimate of drug-likeness (QED) is 0.308. The summed E-state index contributed by atoms with van der Waals surface area (Å²) in [6.07, 6.45) is 1.97. The summed E-state index contributed by atoms with van der Waals surface area (Å²) >= 11 is 3.23. The lowest BCUT2D eigenvalue weighted by molar-refractivity contribution is -0.123. The number of aromatic nitrogens is 2. The van der Waals surface area contributed by atoms with E-state index < -0.39 is 0 Å². The first kappa shape index (κ1) is 26.8. The molecule has 7 nitrogen and oxygen atoms in total. The minimum atomic E-state index is -0.205. The summed E-state index contributed by atoms with van der Waals surface area (Å²) in [7, 11) is 0. The molecule has 206 valence electrons.